The molecule has 0 atom stereocenters. The van der Waals surface area contributed by atoms with Crippen molar-refractivity contribution in [3.05, 3.63) is 28.8 Å². The van der Waals surface area contributed by atoms with E-state index >= 15 is 0 Å². The molecule has 3 N–H and O–H groups in total. The molecular formula is C19H27ClN4O2. The van der Waals surface area contributed by atoms with Gasteiger partial charge in [-0.2, -0.15) is 0 Å². The van der Waals surface area contributed by atoms with Gasteiger partial charge >= 0.3 is 0 Å². The van der Waals surface area contributed by atoms with Crippen LogP contribution in [-0.4, -0.2) is 56.0 Å². The molecule has 0 aliphatic carbocycles. The minimum atomic E-state index is -0.0603. The fourth-order valence-electron chi connectivity index (χ4n) is 3.64. The summed E-state index contributed by atoms with van der Waals surface area (Å²) in [6, 6.07) is 5.64. The van der Waals surface area contributed by atoms with E-state index in [1.54, 1.807) is 17.0 Å². The average molecular weight is 379 g/mol. The summed E-state index contributed by atoms with van der Waals surface area (Å²) in [5.41, 5.74) is 1.39. The summed E-state index contributed by atoms with van der Waals surface area (Å²) in [6.07, 6.45) is 3.39. The lowest BCUT2D eigenvalue weighted by Crippen LogP contribution is -2.48. The monoisotopic (exact) mass is 378 g/mol. The molecule has 2 aliphatic rings. The van der Waals surface area contributed by atoms with Crippen molar-refractivity contribution in [2.75, 3.05) is 38.5 Å². The number of carbonyl (C=O) groups is 2. The van der Waals surface area contributed by atoms with E-state index in [4.69, 9.17) is 11.6 Å². The second-order valence-electron chi connectivity index (χ2n) is 7.04. The van der Waals surface area contributed by atoms with Gasteiger partial charge in [0.15, 0.2) is 0 Å². The summed E-state index contributed by atoms with van der Waals surface area (Å²) in [6.45, 7) is 3.11. The molecule has 2 heterocycles. The van der Waals surface area contributed by atoms with Crippen molar-refractivity contribution in [3.63, 3.8) is 0 Å². The summed E-state index contributed by atoms with van der Waals surface area (Å²) < 4.78 is 0. The molecule has 1 aromatic rings. The first kappa shape index (κ1) is 19.0. The number of amides is 2. The van der Waals surface area contributed by atoms with Gasteiger partial charge in [-0.15, -0.1) is 0 Å². The molecule has 1 aromatic carbocycles. The molecule has 2 amide bonds. The Kier molecular flexibility index (Phi) is 6.38. The Bertz CT molecular complexity index is 653. The summed E-state index contributed by atoms with van der Waals surface area (Å²) in [7, 11) is 1.81. The van der Waals surface area contributed by atoms with E-state index in [2.05, 4.69) is 16.0 Å². The first-order valence-electron chi connectivity index (χ1n) is 9.36. The number of likely N-dealkylation sites (tertiary alicyclic amines) is 1. The minimum Gasteiger partial charge on any atom is -0.388 e. The lowest BCUT2D eigenvalue weighted by Gasteiger charge is -2.33. The zero-order valence-corrected chi connectivity index (χ0v) is 15.9. The standard InChI is InChI=1S/C19H27ClN4O2/c1-21-15-2-3-16(17(20)12-15)19(26)24-10-6-13(7-11-24)18(25)23-14-4-8-22-9-5-14/h2-3,12-14,21-22H,4-11H2,1H3,(H,23,25). The summed E-state index contributed by atoms with van der Waals surface area (Å²) in [5, 5.41) is 9.94. The second-order valence-corrected chi connectivity index (χ2v) is 7.45. The van der Waals surface area contributed by atoms with Crippen molar-refractivity contribution < 1.29 is 9.59 Å². The van der Waals surface area contributed by atoms with Crippen LogP contribution in [-0.2, 0) is 4.79 Å². The fourth-order valence-corrected chi connectivity index (χ4v) is 3.91. The van der Waals surface area contributed by atoms with Crippen molar-refractivity contribution in [2.45, 2.75) is 31.7 Å². The van der Waals surface area contributed by atoms with Crippen molar-refractivity contribution >= 4 is 29.1 Å². The third-order valence-electron chi connectivity index (χ3n) is 5.33. The fraction of sp³-hybridized carbons (Fsp3) is 0.579. The number of anilines is 1. The molecule has 0 bridgehead atoms. The molecule has 2 fully saturated rings. The lowest BCUT2D eigenvalue weighted by atomic mass is 9.94. The third-order valence-corrected chi connectivity index (χ3v) is 5.64. The van der Waals surface area contributed by atoms with Gasteiger partial charge in [0.1, 0.15) is 0 Å². The molecule has 2 aliphatic heterocycles. The number of nitrogens with one attached hydrogen (secondary N) is 3. The van der Waals surface area contributed by atoms with Crippen LogP contribution in [0.4, 0.5) is 5.69 Å². The minimum absolute atomic E-state index is 0.00363. The van der Waals surface area contributed by atoms with Crippen molar-refractivity contribution in [2.24, 2.45) is 5.92 Å². The molecule has 0 spiro atoms. The highest BCUT2D eigenvalue weighted by Gasteiger charge is 2.29. The van der Waals surface area contributed by atoms with Crippen molar-refractivity contribution in [3.8, 4) is 0 Å². The van der Waals surface area contributed by atoms with Gasteiger partial charge in [0.05, 0.1) is 10.6 Å². The Morgan fingerprint density at radius 2 is 1.85 bits per heavy atom. The molecule has 0 saturated carbocycles. The van der Waals surface area contributed by atoms with Crippen LogP contribution in [0.5, 0.6) is 0 Å². The number of halogens is 1. The van der Waals surface area contributed by atoms with Gasteiger partial charge < -0.3 is 20.9 Å². The van der Waals surface area contributed by atoms with Crippen LogP contribution in [0.3, 0.4) is 0 Å². The third kappa shape index (κ3) is 4.48. The highest BCUT2D eigenvalue weighted by Crippen LogP contribution is 2.25. The average Bonchev–Trinajstić information content (AvgIpc) is 2.68. The topological polar surface area (TPSA) is 73.5 Å². The van der Waals surface area contributed by atoms with Crippen molar-refractivity contribution in [1.82, 2.24) is 15.5 Å². The van der Waals surface area contributed by atoms with Gasteiger partial charge in [0.2, 0.25) is 5.91 Å². The molecule has 6 nitrogen and oxygen atoms in total. The smallest absolute Gasteiger partial charge is 0.255 e. The van der Waals surface area contributed by atoms with Crippen LogP contribution in [0.1, 0.15) is 36.0 Å². The molecule has 2 saturated heterocycles. The molecule has 3 rings (SSSR count). The first-order chi connectivity index (χ1) is 12.6. The van der Waals surface area contributed by atoms with Crippen LogP contribution < -0.4 is 16.0 Å². The molecular weight excluding hydrogens is 352 g/mol. The van der Waals surface area contributed by atoms with Crippen LogP contribution >= 0.6 is 11.6 Å². The van der Waals surface area contributed by atoms with Gasteiger partial charge in [0, 0.05) is 37.8 Å². The van der Waals surface area contributed by atoms with Gasteiger partial charge in [-0.25, -0.2) is 0 Å². The second kappa shape index (κ2) is 8.73. The van der Waals surface area contributed by atoms with Crippen LogP contribution in [0, 0.1) is 5.92 Å². The number of hydrogen-bond donors (Lipinski definition) is 3. The maximum absolute atomic E-state index is 12.7. The number of rotatable bonds is 4. The van der Waals surface area contributed by atoms with Crippen LogP contribution in [0.15, 0.2) is 18.2 Å². The summed E-state index contributed by atoms with van der Waals surface area (Å²) in [4.78, 5) is 27.0. The number of piperidine rings is 2. The van der Waals surface area contributed by atoms with Crippen LogP contribution in [0.25, 0.3) is 0 Å². The van der Waals surface area contributed by atoms with E-state index < -0.39 is 0 Å². The Hall–Kier alpha value is -1.79. The summed E-state index contributed by atoms with van der Waals surface area (Å²) >= 11 is 6.25. The number of hydrogen-bond acceptors (Lipinski definition) is 4. The molecule has 0 unspecified atom stereocenters. The first-order valence-corrected chi connectivity index (χ1v) is 9.74. The Labute approximate surface area is 159 Å². The van der Waals surface area contributed by atoms with Gasteiger partial charge in [0.25, 0.3) is 5.91 Å². The van der Waals surface area contributed by atoms with E-state index in [1.807, 2.05) is 13.1 Å². The highest BCUT2D eigenvalue weighted by atomic mass is 35.5. The van der Waals surface area contributed by atoms with Gasteiger partial charge in [-0.1, -0.05) is 11.6 Å². The maximum Gasteiger partial charge on any atom is 0.255 e. The highest BCUT2D eigenvalue weighted by molar-refractivity contribution is 6.34. The van der Waals surface area contributed by atoms with Crippen molar-refractivity contribution in [1.29, 1.82) is 0 Å². The molecule has 142 valence electrons. The van der Waals surface area contributed by atoms with E-state index in [0.717, 1.165) is 31.6 Å². The largest absolute Gasteiger partial charge is 0.388 e. The number of carbonyl (C=O) groups excluding carboxylic acids is 2. The SMILES string of the molecule is CNc1ccc(C(=O)N2CCC(C(=O)NC3CCNCC3)CC2)c(Cl)c1. The van der Waals surface area contributed by atoms with E-state index in [1.165, 1.54) is 0 Å². The van der Waals surface area contributed by atoms with E-state index in [-0.39, 0.29) is 23.8 Å². The zero-order chi connectivity index (χ0) is 18.5. The Morgan fingerprint density at radius 3 is 2.46 bits per heavy atom. The summed E-state index contributed by atoms with van der Waals surface area (Å²) in [5.74, 6) is 0.0753. The molecule has 26 heavy (non-hydrogen) atoms. The van der Waals surface area contributed by atoms with E-state index in [9.17, 15) is 9.59 Å². The number of benzene rings is 1. The van der Waals surface area contributed by atoms with Gasteiger partial charge in [-0.05, 0) is 57.0 Å². The number of nitrogens with zero attached hydrogens (tertiary/aromatic N) is 1. The molecule has 0 aromatic heterocycles. The Balaban J connectivity index is 1.52. The Morgan fingerprint density at radius 1 is 1.15 bits per heavy atom. The van der Waals surface area contributed by atoms with E-state index in [0.29, 0.717) is 36.5 Å². The quantitative estimate of drug-likeness (QED) is 0.750. The predicted molar refractivity (Wildman–Crippen MR) is 104 cm³/mol. The molecule has 0 radical (unpaired) electrons. The van der Waals surface area contributed by atoms with Gasteiger partial charge in [-0.3, -0.25) is 9.59 Å². The lowest BCUT2D eigenvalue weighted by molar-refractivity contribution is -0.127. The normalized spacial score (nSPS) is 19.2. The van der Waals surface area contributed by atoms with Crippen LogP contribution in [0.2, 0.25) is 5.02 Å². The maximum atomic E-state index is 12.7. The zero-order valence-electron chi connectivity index (χ0n) is 15.2. The molecule has 7 heteroatoms. The predicted octanol–water partition coefficient (Wildman–Crippen LogP) is 2.10.